The van der Waals surface area contributed by atoms with Crippen LogP contribution in [0.2, 0.25) is 0 Å². The van der Waals surface area contributed by atoms with Gasteiger partial charge in [-0.25, -0.2) is 4.39 Å². The second-order valence-corrected chi connectivity index (χ2v) is 3.70. The highest BCUT2D eigenvalue weighted by Crippen LogP contribution is 2.24. The molecule has 2 aromatic carbocycles. The molecule has 2 aromatic rings. The molecule has 0 amide bonds. The predicted octanol–water partition coefficient (Wildman–Crippen LogP) is 3.61. The number of hydrogen-bond acceptors (Lipinski definition) is 1. The summed E-state index contributed by atoms with van der Waals surface area (Å²) in [5.41, 5.74) is 3.41. The quantitative estimate of drug-likeness (QED) is 0.698. The lowest BCUT2D eigenvalue weighted by molar-refractivity contribution is 0.112. The van der Waals surface area contributed by atoms with Gasteiger partial charge in [-0.15, -0.1) is 0 Å². The third-order valence-corrected chi connectivity index (χ3v) is 2.56. The fourth-order valence-corrected chi connectivity index (χ4v) is 1.65. The van der Waals surface area contributed by atoms with E-state index in [1.807, 2.05) is 19.1 Å². The topological polar surface area (TPSA) is 17.1 Å². The zero-order valence-electron chi connectivity index (χ0n) is 8.91. The van der Waals surface area contributed by atoms with Gasteiger partial charge in [-0.1, -0.05) is 30.3 Å². The van der Waals surface area contributed by atoms with E-state index in [0.29, 0.717) is 5.56 Å². The monoisotopic (exact) mass is 214 g/mol. The maximum Gasteiger partial charge on any atom is 0.150 e. The van der Waals surface area contributed by atoms with Gasteiger partial charge in [0, 0.05) is 5.56 Å². The van der Waals surface area contributed by atoms with E-state index >= 15 is 0 Å². The molecule has 80 valence electrons. The third kappa shape index (κ3) is 2.01. The fraction of sp³-hybridized carbons (Fsp3) is 0.0714. The third-order valence-electron chi connectivity index (χ3n) is 2.56. The zero-order valence-corrected chi connectivity index (χ0v) is 8.91. The molecule has 0 bridgehead atoms. The molecule has 0 atom stereocenters. The summed E-state index contributed by atoms with van der Waals surface area (Å²) in [6.45, 7) is 1.93. The molecule has 0 heterocycles. The summed E-state index contributed by atoms with van der Waals surface area (Å²) in [4.78, 5) is 10.5. The average Bonchev–Trinajstić information content (AvgIpc) is 2.32. The van der Waals surface area contributed by atoms with Crippen molar-refractivity contribution >= 4 is 6.29 Å². The van der Waals surface area contributed by atoms with Gasteiger partial charge in [-0.3, -0.25) is 4.79 Å². The van der Waals surface area contributed by atoms with Crippen molar-refractivity contribution in [3.63, 3.8) is 0 Å². The summed E-state index contributed by atoms with van der Waals surface area (Å²) in [5.74, 6) is -0.250. The number of aldehydes is 1. The highest BCUT2D eigenvalue weighted by Gasteiger charge is 2.03. The van der Waals surface area contributed by atoms with Crippen LogP contribution in [0, 0.1) is 12.7 Å². The molecular formula is C14H11FO. The number of aryl methyl sites for hydroxylation is 1. The minimum atomic E-state index is -0.250. The van der Waals surface area contributed by atoms with Gasteiger partial charge in [0.1, 0.15) is 12.1 Å². The van der Waals surface area contributed by atoms with E-state index in [1.54, 1.807) is 18.2 Å². The Morgan fingerprint density at radius 1 is 1.06 bits per heavy atom. The standard InChI is InChI=1S/C14H11FO/c1-10-2-7-13(15)8-14(10)12-5-3-11(9-16)4-6-12/h2-9H,1H3. The first-order chi connectivity index (χ1) is 7.70. The van der Waals surface area contributed by atoms with Gasteiger partial charge >= 0.3 is 0 Å². The van der Waals surface area contributed by atoms with Crippen molar-refractivity contribution in [3.8, 4) is 11.1 Å². The van der Waals surface area contributed by atoms with Crippen LogP contribution >= 0.6 is 0 Å². The van der Waals surface area contributed by atoms with Crippen molar-refractivity contribution in [3.05, 3.63) is 59.4 Å². The van der Waals surface area contributed by atoms with Gasteiger partial charge in [0.15, 0.2) is 0 Å². The largest absolute Gasteiger partial charge is 0.298 e. The van der Waals surface area contributed by atoms with Crippen LogP contribution in [0.25, 0.3) is 11.1 Å². The van der Waals surface area contributed by atoms with E-state index in [0.717, 1.165) is 23.0 Å². The summed E-state index contributed by atoms with van der Waals surface area (Å²) in [5, 5.41) is 0. The van der Waals surface area contributed by atoms with Crippen molar-refractivity contribution in [2.45, 2.75) is 6.92 Å². The first-order valence-electron chi connectivity index (χ1n) is 5.02. The van der Waals surface area contributed by atoms with Crippen LogP contribution in [-0.2, 0) is 0 Å². The fourth-order valence-electron chi connectivity index (χ4n) is 1.65. The molecule has 0 spiro atoms. The number of halogens is 1. The van der Waals surface area contributed by atoms with E-state index in [1.165, 1.54) is 12.1 Å². The van der Waals surface area contributed by atoms with Gasteiger partial charge < -0.3 is 0 Å². The highest BCUT2D eigenvalue weighted by molar-refractivity contribution is 5.77. The Balaban J connectivity index is 2.49. The molecule has 2 rings (SSSR count). The van der Waals surface area contributed by atoms with Crippen LogP contribution in [0.15, 0.2) is 42.5 Å². The van der Waals surface area contributed by atoms with Crippen LogP contribution in [0.4, 0.5) is 4.39 Å². The van der Waals surface area contributed by atoms with Crippen LogP contribution in [0.1, 0.15) is 15.9 Å². The van der Waals surface area contributed by atoms with E-state index in [-0.39, 0.29) is 5.82 Å². The lowest BCUT2D eigenvalue weighted by Gasteiger charge is -2.06. The Labute approximate surface area is 93.5 Å². The van der Waals surface area contributed by atoms with Gasteiger partial charge in [0.2, 0.25) is 0 Å². The SMILES string of the molecule is Cc1ccc(F)cc1-c1ccc(C=O)cc1. The lowest BCUT2D eigenvalue weighted by atomic mass is 9.99. The molecule has 16 heavy (non-hydrogen) atoms. The smallest absolute Gasteiger partial charge is 0.150 e. The minimum Gasteiger partial charge on any atom is -0.298 e. The Hall–Kier alpha value is -1.96. The molecule has 0 aromatic heterocycles. The van der Waals surface area contributed by atoms with Crippen molar-refractivity contribution in [2.75, 3.05) is 0 Å². The number of carbonyl (C=O) groups is 1. The first kappa shape index (κ1) is 10.6. The second-order valence-electron chi connectivity index (χ2n) is 3.70. The Bertz CT molecular complexity index is 515. The average molecular weight is 214 g/mol. The summed E-state index contributed by atoms with van der Waals surface area (Å²) in [6.07, 6.45) is 0.794. The molecule has 2 heteroatoms. The van der Waals surface area contributed by atoms with Gasteiger partial charge in [-0.05, 0) is 35.7 Å². The summed E-state index contributed by atoms with van der Waals surface area (Å²) in [7, 11) is 0. The normalized spacial score (nSPS) is 10.1. The van der Waals surface area contributed by atoms with Crippen LogP contribution < -0.4 is 0 Å². The molecular weight excluding hydrogens is 203 g/mol. The van der Waals surface area contributed by atoms with Crippen molar-refractivity contribution < 1.29 is 9.18 Å². The predicted molar refractivity (Wildman–Crippen MR) is 62.0 cm³/mol. The van der Waals surface area contributed by atoms with Crippen LogP contribution in [0.5, 0.6) is 0 Å². The Kier molecular flexibility index (Phi) is 2.82. The lowest BCUT2D eigenvalue weighted by Crippen LogP contribution is -1.86. The molecule has 0 saturated carbocycles. The number of carbonyl (C=O) groups excluding carboxylic acids is 1. The maximum absolute atomic E-state index is 13.1. The number of hydrogen-bond donors (Lipinski definition) is 0. The maximum atomic E-state index is 13.1. The molecule has 0 aliphatic carbocycles. The highest BCUT2D eigenvalue weighted by atomic mass is 19.1. The zero-order chi connectivity index (χ0) is 11.5. The van der Waals surface area contributed by atoms with E-state index < -0.39 is 0 Å². The summed E-state index contributed by atoms with van der Waals surface area (Å²) >= 11 is 0. The molecule has 0 saturated heterocycles. The molecule has 0 fully saturated rings. The molecule has 1 nitrogen and oxygen atoms in total. The van der Waals surface area contributed by atoms with E-state index in [9.17, 15) is 9.18 Å². The number of rotatable bonds is 2. The molecule has 0 unspecified atom stereocenters. The minimum absolute atomic E-state index is 0.250. The Morgan fingerprint density at radius 2 is 1.75 bits per heavy atom. The summed E-state index contributed by atoms with van der Waals surface area (Å²) < 4.78 is 13.1. The molecule has 0 aliphatic heterocycles. The molecule has 0 aliphatic rings. The van der Waals surface area contributed by atoms with Crippen molar-refractivity contribution in [1.29, 1.82) is 0 Å². The van der Waals surface area contributed by atoms with Crippen molar-refractivity contribution in [1.82, 2.24) is 0 Å². The van der Waals surface area contributed by atoms with Crippen LogP contribution in [-0.4, -0.2) is 6.29 Å². The number of benzene rings is 2. The van der Waals surface area contributed by atoms with E-state index in [4.69, 9.17) is 0 Å². The van der Waals surface area contributed by atoms with E-state index in [2.05, 4.69) is 0 Å². The first-order valence-corrected chi connectivity index (χ1v) is 5.02. The van der Waals surface area contributed by atoms with Gasteiger partial charge in [-0.2, -0.15) is 0 Å². The molecule has 0 N–H and O–H groups in total. The second kappa shape index (κ2) is 4.27. The van der Waals surface area contributed by atoms with Gasteiger partial charge in [0.05, 0.1) is 0 Å². The summed E-state index contributed by atoms with van der Waals surface area (Å²) in [6, 6.07) is 11.8. The molecule has 0 radical (unpaired) electrons. The van der Waals surface area contributed by atoms with Crippen molar-refractivity contribution in [2.24, 2.45) is 0 Å². The van der Waals surface area contributed by atoms with Gasteiger partial charge in [0.25, 0.3) is 0 Å². The van der Waals surface area contributed by atoms with Crippen LogP contribution in [0.3, 0.4) is 0 Å². The Morgan fingerprint density at radius 3 is 2.38 bits per heavy atom.